The van der Waals surface area contributed by atoms with Gasteiger partial charge in [0.25, 0.3) is 0 Å². The molecule has 1 N–H and O–H groups in total. The van der Waals surface area contributed by atoms with Crippen molar-refractivity contribution in [3.8, 4) is 0 Å². The number of aromatic nitrogens is 2. The third-order valence-corrected chi connectivity index (χ3v) is 2.73. The highest BCUT2D eigenvalue weighted by atomic mass is 15.2. The summed E-state index contributed by atoms with van der Waals surface area (Å²) in [5.74, 6) is 2.84. The van der Waals surface area contributed by atoms with E-state index in [2.05, 4.69) is 54.9 Å². The average molecular weight is 236 g/mol. The van der Waals surface area contributed by atoms with Gasteiger partial charge in [-0.25, -0.2) is 9.97 Å². The maximum Gasteiger partial charge on any atom is 0.134 e. The molecule has 17 heavy (non-hydrogen) atoms. The number of nitrogens with zero attached hydrogens (tertiary/aromatic N) is 3. The zero-order chi connectivity index (χ0) is 12.8. The first kappa shape index (κ1) is 13.7. The number of hydrogen-bond donors (Lipinski definition) is 1. The van der Waals surface area contributed by atoms with Crippen molar-refractivity contribution in [2.75, 3.05) is 23.8 Å². The molecule has 1 aromatic heterocycles. The summed E-state index contributed by atoms with van der Waals surface area (Å²) in [6, 6.07) is 2.46. The summed E-state index contributed by atoms with van der Waals surface area (Å²) in [6.07, 6.45) is 2.00. The van der Waals surface area contributed by atoms with E-state index in [0.29, 0.717) is 6.04 Å². The van der Waals surface area contributed by atoms with E-state index in [4.69, 9.17) is 0 Å². The Bertz CT molecular complexity index is 325. The molecule has 0 unspecified atom stereocenters. The van der Waals surface area contributed by atoms with E-state index in [1.807, 2.05) is 6.07 Å². The van der Waals surface area contributed by atoms with Crippen LogP contribution in [0.5, 0.6) is 0 Å². The lowest BCUT2D eigenvalue weighted by Gasteiger charge is -2.23. The summed E-state index contributed by atoms with van der Waals surface area (Å²) in [4.78, 5) is 11.3. The van der Waals surface area contributed by atoms with Gasteiger partial charge in [-0.1, -0.05) is 6.92 Å². The van der Waals surface area contributed by atoms with E-state index in [1.165, 1.54) is 0 Å². The van der Waals surface area contributed by atoms with Crippen LogP contribution in [0.2, 0.25) is 0 Å². The highest BCUT2D eigenvalue weighted by Crippen LogP contribution is 2.17. The number of rotatable bonds is 6. The average Bonchev–Trinajstić information content (AvgIpc) is 2.28. The van der Waals surface area contributed by atoms with Crippen LogP contribution in [0.4, 0.5) is 11.6 Å². The molecule has 0 saturated heterocycles. The molecule has 1 heterocycles. The molecule has 0 spiro atoms. The standard InChI is InChI=1S/C13H24N4/c1-6-8-11-15-12(14-7-2)9-13(16-11)17(5)10(3)4/h9-10H,6-8H2,1-5H3,(H,14,15,16). The van der Waals surface area contributed by atoms with Crippen LogP contribution < -0.4 is 10.2 Å². The molecule has 0 aromatic carbocycles. The Morgan fingerprint density at radius 3 is 2.53 bits per heavy atom. The second kappa shape index (κ2) is 6.42. The van der Waals surface area contributed by atoms with Gasteiger partial charge in [-0.15, -0.1) is 0 Å². The minimum absolute atomic E-state index is 0.439. The summed E-state index contributed by atoms with van der Waals surface area (Å²) >= 11 is 0. The van der Waals surface area contributed by atoms with Crippen LogP contribution in [-0.4, -0.2) is 29.6 Å². The minimum atomic E-state index is 0.439. The van der Waals surface area contributed by atoms with Gasteiger partial charge < -0.3 is 10.2 Å². The summed E-state index contributed by atoms with van der Waals surface area (Å²) in [7, 11) is 2.07. The maximum atomic E-state index is 4.60. The molecule has 4 heteroatoms. The Hall–Kier alpha value is -1.32. The van der Waals surface area contributed by atoms with E-state index in [1.54, 1.807) is 0 Å². The summed E-state index contributed by atoms with van der Waals surface area (Å²) in [5, 5.41) is 3.26. The Labute approximate surface area is 104 Å². The van der Waals surface area contributed by atoms with Gasteiger partial charge >= 0.3 is 0 Å². The molecule has 1 aromatic rings. The number of anilines is 2. The molecule has 96 valence electrons. The first-order chi connectivity index (χ1) is 8.08. The molecular weight excluding hydrogens is 212 g/mol. The third-order valence-electron chi connectivity index (χ3n) is 2.73. The molecule has 1 rings (SSSR count). The van der Waals surface area contributed by atoms with Gasteiger partial charge in [0.05, 0.1) is 0 Å². The molecule has 0 aliphatic rings. The van der Waals surface area contributed by atoms with Crippen molar-refractivity contribution in [1.29, 1.82) is 0 Å². The van der Waals surface area contributed by atoms with E-state index >= 15 is 0 Å². The predicted molar refractivity (Wildman–Crippen MR) is 73.7 cm³/mol. The van der Waals surface area contributed by atoms with Crippen molar-refractivity contribution in [2.45, 2.75) is 46.6 Å². The maximum absolute atomic E-state index is 4.60. The molecule has 0 aliphatic heterocycles. The molecule has 0 atom stereocenters. The van der Waals surface area contributed by atoms with Crippen LogP contribution in [0, 0.1) is 0 Å². The highest BCUT2D eigenvalue weighted by Gasteiger charge is 2.10. The van der Waals surface area contributed by atoms with Crippen LogP contribution in [0.25, 0.3) is 0 Å². The van der Waals surface area contributed by atoms with Crippen molar-refractivity contribution >= 4 is 11.6 Å². The monoisotopic (exact) mass is 236 g/mol. The summed E-state index contributed by atoms with van der Waals surface area (Å²) in [5.41, 5.74) is 0. The number of nitrogens with one attached hydrogen (secondary N) is 1. The molecule has 0 radical (unpaired) electrons. The lowest BCUT2D eigenvalue weighted by Crippen LogP contribution is -2.27. The van der Waals surface area contributed by atoms with Crippen LogP contribution in [0.15, 0.2) is 6.07 Å². The third kappa shape index (κ3) is 3.88. The SMILES string of the molecule is CCCc1nc(NCC)cc(N(C)C(C)C)n1. The Balaban J connectivity index is 3.02. The fraction of sp³-hybridized carbons (Fsp3) is 0.692. The highest BCUT2D eigenvalue weighted by molar-refractivity contribution is 5.49. The zero-order valence-corrected chi connectivity index (χ0v) is 11.6. The molecule has 0 saturated carbocycles. The molecule has 0 amide bonds. The van der Waals surface area contributed by atoms with Crippen molar-refractivity contribution in [1.82, 2.24) is 9.97 Å². The van der Waals surface area contributed by atoms with E-state index in [0.717, 1.165) is 36.8 Å². The lowest BCUT2D eigenvalue weighted by molar-refractivity contribution is 0.731. The Morgan fingerprint density at radius 1 is 1.29 bits per heavy atom. The van der Waals surface area contributed by atoms with Crippen molar-refractivity contribution < 1.29 is 0 Å². The first-order valence-corrected chi connectivity index (χ1v) is 6.43. The summed E-state index contributed by atoms with van der Waals surface area (Å²) < 4.78 is 0. The van der Waals surface area contributed by atoms with E-state index < -0.39 is 0 Å². The molecule has 0 aliphatic carbocycles. The van der Waals surface area contributed by atoms with Crippen molar-refractivity contribution in [3.63, 3.8) is 0 Å². The van der Waals surface area contributed by atoms with Gasteiger partial charge in [0.2, 0.25) is 0 Å². The second-order valence-corrected chi connectivity index (χ2v) is 4.51. The molecule has 0 bridgehead atoms. The predicted octanol–water partition coefficient (Wildman–Crippen LogP) is 2.71. The van der Waals surface area contributed by atoms with Crippen LogP contribution in [-0.2, 0) is 6.42 Å². The Morgan fingerprint density at radius 2 is 2.00 bits per heavy atom. The van der Waals surface area contributed by atoms with Crippen LogP contribution >= 0.6 is 0 Å². The first-order valence-electron chi connectivity index (χ1n) is 6.43. The largest absolute Gasteiger partial charge is 0.370 e. The van der Waals surface area contributed by atoms with Gasteiger partial charge in [-0.3, -0.25) is 0 Å². The van der Waals surface area contributed by atoms with Gasteiger partial charge in [-0.2, -0.15) is 0 Å². The van der Waals surface area contributed by atoms with Gasteiger partial charge in [0.15, 0.2) is 0 Å². The quantitative estimate of drug-likeness (QED) is 0.824. The lowest BCUT2D eigenvalue weighted by atomic mass is 10.3. The fourth-order valence-electron chi connectivity index (χ4n) is 1.54. The van der Waals surface area contributed by atoms with E-state index in [-0.39, 0.29) is 0 Å². The number of aryl methyl sites for hydroxylation is 1. The van der Waals surface area contributed by atoms with E-state index in [9.17, 15) is 0 Å². The van der Waals surface area contributed by atoms with Crippen LogP contribution in [0.3, 0.4) is 0 Å². The topological polar surface area (TPSA) is 41.1 Å². The zero-order valence-electron chi connectivity index (χ0n) is 11.6. The second-order valence-electron chi connectivity index (χ2n) is 4.51. The Kier molecular flexibility index (Phi) is 5.19. The van der Waals surface area contributed by atoms with Gasteiger partial charge in [0, 0.05) is 32.1 Å². The fourth-order valence-corrected chi connectivity index (χ4v) is 1.54. The smallest absolute Gasteiger partial charge is 0.134 e. The molecule has 0 fully saturated rings. The minimum Gasteiger partial charge on any atom is -0.370 e. The summed E-state index contributed by atoms with van der Waals surface area (Å²) in [6.45, 7) is 9.43. The van der Waals surface area contributed by atoms with Gasteiger partial charge in [-0.05, 0) is 27.2 Å². The van der Waals surface area contributed by atoms with Crippen molar-refractivity contribution in [2.24, 2.45) is 0 Å². The molecular formula is C13H24N4. The normalized spacial score (nSPS) is 10.7. The van der Waals surface area contributed by atoms with Crippen molar-refractivity contribution in [3.05, 3.63) is 11.9 Å². The number of hydrogen-bond acceptors (Lipinski definition) is 4. The van der Waals surface area contributed by atoms with Gasteiger partial charge in [0.1, 0.15) is 17.5 Å². The van der Waals surface area contributed by atoms with Crippen LogP contribution in [0.1, 0.15) is 39.9 Å². The molecule has 4 nitrogen and oxygen atoms in total.